The van der Waals surface area contributed by atoms with Crippen LogP contribution in [-0.4, -0.2) is 25.7 Å². The molecule has 0 fully saturated rings. The van der Waals surface area contributed by atoms with Crippen LogP contribution < -0.4 is 0 Å². The molecule has 0 amide bonds. The van der Waals surface area contributed by atoms with Gasteiger partial charge in [-0.3, -0.25) is 0 Å². The Labute approximate surface area is 213 Å². The van der Waals surface area contributed by atoms with Gasteiger partial charge in [0.2, 0.25) is 0 Å². The molecule has 0 atom stereocenters. The molecular formula is C27H21F3O5S2. The molecule has 4 aromatic carbocycles. The van der Waals surface area contributed by atoms with Crippen molar-refractivity contribution >= 4 is 26.1 Å². The van der Waals surface area contributed by atoms with E-state index in [1.165, 1.54) is 12.1 Å². The molecule has 0 aliphatic carbocycles. The molecule has 0 unspecified atom stereocenters. The van der Waals surface area contributed by atoms with Crippen molar-refractivity contribution in [3.05, 3.63) is 114 Å². The van der Waals surface area contributed by atoms with E-state index >= 15 is 0 Å². The third-order valence-electron chi connectivity index (χ3n) is 5.48. The highest BCUT2D eigenvalue weighted by Gasteiger charge is 2.37. The SMILES string of the molecule is CS(=O)(=O)c1ccc(S(OC(=O)c2ccc(C(F)(F)F)cc2O)(c2ccccc2)c2ccccc2)cc1. The number of alkyl halides is 3. The first kappa shape index (κ1) is 26.3. The molecule has 192 valence electrons. The van der Waals surface area contributed by atoms with Gasteiger partial charge in [0.25, 0.3) is 0 Å². The number of phenolic OH excluding ortho intramolecular Hbond substituents is 1. The maximum absolute atomic E-state index is 13.4. The van der Waals surface area contributed by atoms with Crippen LogP contribution in [0.25, 0.3) is 0 Å². The van der Waals surface area contributed by atoms with Gasteiger partial charge in [0.15, 0.2) is 9.84 Å². The number of halogens is 3. The van der Waals surface area contributed by atoms with Gasteiger partial charge in [-0.15, -0.1) is 0 Å². The van der Waals surface area contributed by atoms with E-state index in [-0.39, 0.29) is 4.90 Å². The molecule has 1 N–H and O–H groups in total. The minimum atomic E-state index is -4.70. The normalized spacial score (nSPS) is 12.6. The Kier molecular flexibility index (Phi) is 7.07. The molecule has 4 rings (SSSR count). The molecule has 0 aromatic heterocycles. The van der Waals surface area contributed by atoms with Gasteiger partial charge in [0.05, 0.1) is 10.5 Å². The topological polar surface area (TPSA) is 80.7 Å². The van der Waals surface area contributed by atoms with E-state index < -0.39 is 49.2 Å². The fourth-order valence-corrected chi connectivity index (χ4v) is 7.35. The van der Waals surface area contributed by atoms with Gasteiger partial charge in [-0.1, -0.05) is 36.4 Å². The summed E-state index contributed by atoms with van der Waals surface area (Å²) >= 11 is 0. The van der Waals surface area contributed by atoms with Crippen LogP contribution in [0.1, 0.15) is 15.9 Å². The van der Waals surface area contributed by atoms with E-state index in [0.717, 1.165) is 12.3 Å². The fraction of sp³-hybridized carbons (Fsp3) is 0.0741. The van der Waals surface area contributed by atoms with Gasteiger partial charge in [0.1, 0.15) is 11.3 Å². The van der Waals surface area contributed by atoms with Crippen molar-refractivity contribution in [3.8, 4) is 5.75 Å². The Morgan fingerprint density at radius 2 is 1.19 bits per heavy atom. The third kappa shape index (κ3) is 5.35. The Morgan fingerprint density at radius 1 is 0.730 bits per heavy atom. The summed E-state index contributed by atoms with van der Waals surface area (Å²) in [6.45, 7) is 0. The molecule has 0 saturated heterocycles. The van der Waals surface area contributed by atoms with Crippen LogP contribution in [0.4, 0.5) is 13.2 Å². The maximum Gasteiger partial charge on any atom is 0.416 e. The number of phenols is 1. The van der Waals surface area contributed by atoms with Crippen LogP contribution in [0.15, 0.2) is 123 Å². The quantitative estimate of drug-likeness (QED) is 0.286. The molecular weight excluding hydrogens is 525 g/mol. The molecule has 0 bridgehead atoms. The summed E-state index contributed by atoms with van der Waals surface area (Å²) in [4.78, 5) is 15.1. The minimum Gasteiger partial charge on any atom is -0.507 e. The Hall–Kier alpha value is -3.76. The van der Waals surface area contributed by atoms with E-state index in [2.05, 4.69) is 0 Å². The zero-order valence-corrected chi connectivity index (χ0v) is 21.0. The van der Waals surface area contributed by atoms with Crippen LogP contribution in [0, 0.1) is 0 Å². The van der Waals surface area contributed by atoms with Gasteiger partial charge >= 0.3 is 12.1 Å². The molecule has 0 saturated carbocycles. The van der Waals surface area contributed by atoms with Crippen molar-refractivity contribution < 1.29 is 35.7 Å². The molecule has 10 heteroatoms. The van der Waals surface area contributed by atoms with Gasteiger partial charge in [-0.2, -0.15) is 13.2 Å². The second-order valence-electron chi connectivity index (χ2n) is 8.03. The van der Waals surface area contributed by atoms with Crippen molar-refractivity contribution in [2.45, 2.75) is 25.8 Å². The van der Waals surface area contributed by atoms with Gasteiger partial charge in [-0.05, 0) is 77.0 Å². The minimum absolute atomic E-state index is 0.0670. The molecule has 0 aliphatic heterocycles. The van der Waals surface area contributed by atoms with E-state index in [4.69, 9.17) is 4.18 Å². The molecule has 4 aromatic rings. The summed E-state index contributed by atoms with van der Waals surface area (Å²) in [6, 6.07) is 25.4. The predicted octanol–water partition coefficient (Wildman–Crippen LogP) is 6.87. The molecule has 0 spiro atoms. The van der Waals surface area contributed by atoms with E-state index in [1.54, 1.807) is 72.8 Å². The number of rotatable bonds is 6. The maximum atomic E-state index is 13.4. The highest BCUT2D eigenvalue weighted by molar-refractivity contribution is 8.30. The number of sulfone groups is 1. The van der Waals surface area contributed by atoms with Crippen molar-refractivity contribution in [3.63, 3.8) is 0 Å². The number of hydrogen-bond donors (Lipinski definition) is 1. The Morgan fingerprint density at radius 3 is 1.62 bits per heavy atom. The first-order valence-electron chi connectivity index (χ1n) is 10.8. The van der Waals surface area contributed by atoms with Crippen molar-refractivity contribution in [2.24, 2.45) is 0 Å². The summed E-state index contributed by atoms with van der Waals surface area (Å²) in [5.41, 5.74) is -1.55. The lowest BCUT2D eigenvalue weighted by atomic mass is 10.1. The van der Waals surface area contributed by atoms with E-state index in [9.17, 15) is 31.5 Å². The second-order valence-corrected chi connectivity index (χ2v) is 12.7. The van der Waals surface area contributed by atoms with Crippen LogP contribution in [0.5, 0.6) is 5.75 Å². The third-order valence-corrected chi connectivity index (χ3v) is 9.82. The molecule has 0 heterocycles. The summed E-state index contributed by atoms with van der Waals surface area (Å²) in [6.07, 6.45) is -3.63. The highest BCUT2D eigenvalue weighted by atomic mass is 32.3. The van der Waals surface area contributed by atoms with E-state index in [1.807, 2.05) is 0 Å². The summed E-state index contributed by atoms with van der Waals surface area (Å²) in [5.74, 6) is -1.91. The fourth-order valence-electron chi connectivity index (χ4n) is 3.69. The zero-order chi connectivity index (χ0) is 26.8. The van der Waals surface area contributed by atoms with Gasteiger partial charge < -0.3 is 9.29 Å². The van der Waals surface area contributed by atoms with Crippen LogP contribution >= 0.6 is 10.3 Å². The first-order valence-corrected chi connectivity index (χ1v) is 14.3. The molecule has 0 radical (unpaired) electrons. The van der Waals surface area contributed by atoms with Crippen LogP contribution in [0.3, 0.4) is 0 Å². The molecule has 5 nitrogen and oxygen atoms in total. The second kappa shape index (κ2) is 9.95. The zero-order valence-electron chi connectivity index (χ0n) is 19.3. The highest BCUT2D eigenvalue weighted by Crippen LogP contribution is 2.69. The van der Waals surface area contributed by atoms with Gasteiger partial charge in [0, 0.05) is 20.9 Å². The average molecular weight is 547 g/mol. The van der Waals surface area contributed by atoms with Gasteiger partial charge in [-0.25, -0.2) is 13.2 Å². The Balaban J connectivity index is 1.92. The monoisotopic (exact) mass is 546 g/mol. The Bertz CT molecular complexity index is 1480. The van der Waals surface area contributed by atoms with E-state index in [0.29, 0.717) is 26.8 Å². The van der Waals surface area contributed by atoms with Crippen molar-refractivity contribution in [1.29, 1.82) is 0 Å². The number of hydrogen-bond acceptors (Lipinski definition) is 5. The number of carbonyl (C=O) groups is 1. The number of benzene rings is 4. The number of carbonyl (C=O) groups excluding carboxylic acids is 1. The molecule has 0 aliphatic rings. The van der Waals surface area contributed by atoms with Crippen molar-refractivity contribution in [1.82, 2.24) is 0 Å². The lowest BCUT2D eigenvalue weighted by molar-refractivity contribution is -0.137. The smallest absolute Gasteiger partial charge is 0.416 e. The summed E-state index contributed by atoms with van der Waals surface area (Å²) in [7, 11) is -6.38. The average Bonchev–Trinajstić information content (AvgIpc) is 2.87. The first-order chi connectivity index (χ1) is 17.4. The van der Waals surface area contributed by atoms with Crippen LogP contribution in [-0.2, 0) is 20.2 Å². The summed E-state index contributed by atoms with van der Waals surface area (Å²) in [5, 5.41) is 10.3. The van der Waals surface area contributed by atoms with Crippen molar-refractivity contribution in [2.75, 3.05) is 6.26 Å². The number of aromatic hydroxyl groups is 1. The van der Waals surface area contributed by atoms with Crippen LogP contribution in [0.2, 0.25) is 0 Å². The lowest BCUT2D eigenvalue weighted by Gasteiger charge is -2.39. The lowest BCUT2D eigenvalue weighted by Crippen LogP contribution is -2.15. The largest absolute Gasteiger partial charge is 0.507 e. The standard InChI is InChI=1S/C27H21F3O5S2/c1-36(33,34)20-13-15-23(16-14-20)37(21-8-4-2-5-9-21,22-10-6-3-7-11-22)35-26(32)24-17-12-19(18-25(24)31)27(28,29)30/h2-18,31H,1H3. The molecule has 37 heavy (non-hydrogen) atoms. The summed E-state index contributed by atoms with van der Waals surface area (Å²) < 4.78 is 69.5. The predicted molar refractivity (Wildman–Crippen MR) is 133 cm³/mol.